The smallest absolute Gasteiger partial charge is 0.261 e. The topological polar surface area (TPSA) is 61.4 Å². The number of hydrogen-bond acceptors (Lipinski definition) is 4. The minimum absolute atomic E-state index is 0. The van der Waals surface area contributed by atoms with Crippen molar-refractivity contribution in [2.75, 3.05) is 19.6 Å². The first-order valence-electron chi connectivity index (χ1n) is 7.49. The quantitative estimate of drug-likeness (QED) is 0.827. The lowest BCUT2D eigenvalue weighted by Crippen LogP contribution is -2.51. The van der Waals surface area contributed by atoms with Crippen LogP contribution in [-0.2, 0) is 4.79 Å². The third-order valence-corrected chi connectivity index (χ3v) is 4.55. The summed E-state index contributed by atoms with van der Waals surface area (Å²) in [5.41, 5.74) is 0. The van der Waals surface area contributed by atoms with Crippen molar-refractivity contribution < 1.29 is 9.59 Å². The van der Waals surface area contributed by atoms with E-state index in [2.05, 4.69) is 17.6 Å². The van der Waals surface area contributed by atoms with Crippen LogP contribution in [0.2, 0.25) is 0 Å². The first-order valence-corrected chi connectivity index (χ1v) is 8.37. The monoisotopic (exact) mass is 345 g/mol. The number of nitrogens with one attached hydrogen (secondary N) is 2. The third kappa shape index (κ3) is 4.69. The Labute approximate surface area is 141 Å². The zero-order chi connectivity index (χ0) is 15.2. The SMILES string of the molecule is CCCN(C(=O)C(C)NC(=O)c1cccs1)C1CCNC1.Cl. The molecule has 124 valence electrons. The molecule has 1 saturated heterocycles. The highest BCUT2D eigenvalue weighted by molar-refractivity contribution is 7.12. The van der Waals surface area contributed by atoms with Crippen molar-refractivity contribution >= 4 is 35.6 Å². The van der Waals surface area contributed by atoms with Gasteiger partial charge < -0.3 is 15.5 Å². The fraction of sp³-hybridized carbons (Fsp3) is 0.600. The van der Waals surface area contributed by atoms with Gasteiger partial charge in [-0.25, -0.2) is 0 Å². The zero-order valence-electron chi connectivity index (χ0n) is 13.0. The molecule has 1 aliphatic heterocycles. The van der Waals surface area contributed by atoms with E-state index in [0.717, 1.165) is 32.5 Å². The molecular weight excluding hydrogens is 322 g/mol. The van der Waals surface area contributed by atoms with Crippen molar-refractivity contribution in [3.63, 3.8) is 0 Å². The second kappa shape index (κ2) is 9.12. The number of nitrogens with zero attached hydrogens (tertiary/aromatic N) is 1. The van der Waals surface area contributed by atoms with Crippen molar-refractivity contribution in [2.45, 2.75) is 38.8 Å². The van der Waals surface area contributed by atoms with Gasteiger partial charge in [0.25, 0.3) is 5.91 Å². The van der Waals surface area contributed by atoms with Crippen LogP contribution in [-0.4, -0.2) is 48.4 Å². The second-order valence-electron chi connectivity index (χ2n) is 5.35. The van der Waals surface area contributed by atoms with Crippen LogP contribution in [0.1, 0.15) is 36.4 Å². The predicted octanol–water partition coefficient (Wildman–Crippen LogP) is 1.89. The summed E-state index contributed by atoms with van der Waals surface area (Å²) in [5, 5.41) is 7.95. The van der Waals surface area contributed by atoms with Crippen molar-refractivity contribution in [1.82, 2.24) is 15.5 Å². The number of halogens is 1. The van der Waals surface area contributed by atoms with E-state index in [1.165, 1.54) is 11.3 Å². The summed E-state index contributed by atoms with van der Waals surface area (Å²) in [7, 11) is 0. The molecule has 0 spiro atoms. The third-order valence-electron chi connectivity index (χ3n) is 3.69. The molecule has 2 unspecified atom stereocenters. The zero-order valence-corrected chi connectivity index (χ0v) is 14.6. The lowest BCUT2D eigenvalue weighted by molar-refractivity contribution is -0.134. The lowest BCUT2D eigenvalue weighted by Gasteiger charge is -2.31. The van der Waals surface area contributed by atoms with Gasteiger partial charge in [-0.2, -0.15) is 0 Å². The van der Waals surface area contributed by atoms with Gasteiger partial charge in [-0.3, -0.25) is 9.59 Å². The maximum absolute atomic E-state index is 12.6. The van der Waals surface area contributed by atoms with Crippen molar-refractivity contribution in [1.29, 1.82) is 0 Å². The van der Waals surface area contributed by atoms with Gasteiger partial charge >= 0.3 is 0 Å². The first-order chi connectivity index (χ1) is 10.1. The standard InChI is InChI=1S/C15H23N3O2S.ClH/c1-3-8-18(12-6-7-16-10-12)15(20)11(2)17-14(19)13-5-4-9-21-13;/h4-5,9,11-12,16H,3,6-8,10H2,1-2H3,(H,17,19);1H. The van der Waals surface area contributed by atoms with Gasteiger partial charge in [0.15, 0.2) is 0 Å². The molecule has 2 N–H and O–H groups in total. The molecule has 1 fully saturated rings. The van der Waals surface area contributed by atoms with Crippen LogP contribution >= 0.6 is 23.7 Å². The van der Waals surface area contributed by atoms with E-state index in [0.29, 0.717) is 4.88 Å². The maximum atomic E-state index is 12.6. The molecule has 5 nitrogen and oxygen atoms in total. The average molecular weight is 346 g/mol. The highest BCUT2D eigenvalue weighted by Gasteiger charge is 2.29. The van der Waals surface area contributed by atoms with E-state index < -0.39 is 6.04 Å². The number of amides is 2. The van der Waals surface area contributed by atoms with E-state index in [1.807, 2.05) is 16.3 Å². The van der Waals surface area contributed by atoms with Gasteiger partial charge in [-0.15, -0.1) is 23.7 Å². The largest absolute Gasteiger partial charge is 0.340 e. The van der Waals surface area contributed by atoms with Crippen LogP contribution in [0.4, 0.5) is 0 Å². The van der Waals surface area contributed by atoms with Gasteiger partial charge in [-0.1, -0.05) is 13.0 Å². The molecule has 2 rings (SSSR count). The highest BCUT2D eigenvalue weighted by atomic mass is 35.5. The molecule has 2 atom stereocenters. The second-order valence-corrected chi connectivity index (χ2v) is 6.30. The van der Waals surface area contributed by atoms with E-state index in [-0.39, 0.29) is 30.3 Å². The number of carbonyl (C=O) groups excluding carboxylic acids is 2. The van der Waals surface area contributed by atoms with E-state index in [9.17, 15) is 9.59 Å². The van der Waals surface area contributed by atoms with Gasteiger partial charge in [0.05, 0.1) is 4.88 Å². The van der Waals surface area contributed by atoms with Crippen molar-refractivity contribution in [3.05, 3.63) is 22.4 Å². The number of carbonyl (C=O) groups is 2. The van der Waals surface area contributed by atoms with Crippen LogP contribution in [0.5, 0.6) is 0 Å². The van der Waals surface area contributed by atoms with Crippen LogP contribution in [0, 0.1) is 0 Å². The van der Waals surface area contributed by atoms with Crippen LogP contribution in [0.15, 0.2) is 17.5 Å². The number of hydrogen-bond donors (Lipinski definition) is 2. The molecule has 0 saturated carbocycles. The van der Waals surface area contributed by atoms with Crippen LogP contribution in [0.3, 0.4) is 0 Å². The Bertz CT molecular complexity index is 475. The number of rotatable bonds is 6. The summed E-state index contributed by atoms with van der Waals surface area (Å²) >= 11 is 1.38. The van der Waals surface area contributed by atoms with Gasteiger partial charge in [0.1, 0.15) is 6.04 Å². The molecule has 1 aromatic heterocycles. The summed E-state index contributed by atoms with van der Waals surface area (Å²) in [6.45, 7) is 6.37. The molecule has 7 heteroatoms. The molecule has 22 heavy (non-hydrogen) atoms. The summed E-state index contributed by atoms with van der Waals surface area (Å²) < 4.78 is 0. The Morgan fingerprint density at radius 1 is 1.55 bits per heavy atom. The van der Waals surface area contributed by atoms with Gasteiger partial charge in [0, 0.05) is 19.1 Å². The first kappa shape index (κ1) is 18.9. The average Bonchev–Trinajstić information content (AvgIpc) is 3.16. The van der Waals surface area contributed by atoms with Crippen LogP contribution in [0.25, 0.3) is 0 Å². The van der Waals surface area contributed by atoms with Crippen molar-refractivity contribution in [2.24, 2.45) is 0 Å². The number of thiophene rings is 1. The summed E-state index contributed by atoms with van der Waals surface area (Å²) in [6.07, 6.45) is 1.91. The normalized spacial score (nSPS) is 18.4. The molecular formula is C15H24ClN3O2S. The Kier molecular flexibility index (Phi) is 7.85. The van der Waals surface area contributed by atoms with Gasteiger partial charge in [-0.05, 0) is 37.8 Å². The van der Waals surface area contributed by atoms with Crippen molar-refractivity contribution in [3.8, 4) is 0 Å². The molecule has 0 aliphatic carbocycles. The summed E-state index contributed by atoms with van der Waals surface area (Å²) in [4.78, 5) is 27.2. The molecule has 2 heterocycles. The summed E-state index contributed by atoms with van der Waals surface area (Å²) in [5.74, 6) is -0.165. The Balaban J connectivity index is 0.00000242. The van der Waals surface area contributed by atoms with E-state index >= 15 is 0 Å². The maximum Gasteiger partial charge on any atom is 0.261 e. The van der Waals surface area contributed by atoms with E-state index in [1.54, 1.807) is 13.0 Å². The van der Waals surface area contributed by atoms with Crippen LogP contribution < -0.4 is 10.6 Å². The van der Waals surface area contributed by atoms with Gasteiger partial charge in [0.2, 0.25) is 5.91 Å². The Morgan fingerprint density at radius 2 is 2.32 bits per heavy atom. The van der Waals surface area contributed by atoms with E-state index in [4.69, 9.17) is 0 Å². The summed E-state index contributed by atoms with van der Waals surface area (Å²) in [6, 6.07) is 3.35. The molecule has 2 amide bonds. The molecule has 1 aliphatic rings. The fourth-order valence-corrected chi connectivity index (χ4v) is 3.23. The molecule has 1 aromatic rings. The predicted molar refractivity (Wildman–Crippen MR) is 91.8 cm³/mol. The fourth-order valence-electron chi connectivity index (χ4n) is 2.61. The Morgan fingerprint density at radius 3 is 2.86 bits per heavy atom. The molecule has 0 radical (unpaired) electrons. The highest BCUT2D eigenvalue weighted by Crippen LogP contribution is 2.12. The molecule has 0 bridgehead atoms. The lowest BCUT2D eigenvalue weighted by atomic mass is 10.1. The Hall–Kier alpha value is -1.11. The minimum atomic E-state index is -0.494. The molecule has 0 aromatic carbocycles. The minimum Gasteiger partial charge on any atom is -0.340 e.